The third-order valence-corrected chi connectivity index (χ3v) is 5.06. The van der Waals surface area contributed by atoms with Gasteiger partial charge in [0.25, 0.3) is 0 Å². The van der Waals surface area contributed by atoms with Crippen molar-refractivity contribution in [1.82, 2.24) is 29.9 Å². The molecule has 1 atom stereocenters. The van der Waals surface area contributed by atoms with E-state index in [2.05, 4.69) is 20.3 Å². The van der Waals surface area contributed by atoms with Gasteiger partial charge in [0.15, 0.2) is 5.82 Å². The van der Waals surface area contributed by atoms with Gasteiger partial charge in [-0.25, -0.2) is 4.98 Å². The Labute approximate surface area is 158 Å². The second-order valence-electron chi connectivity index (χ2n) is 6.97. The van der Waals surface area contributed by atoms with Crippen LogP contribution >= 0.6 is 0 Å². The lowest BCUT2D eigenvalue weighted by Crippen LogP contribution is -2.40. The molecule has 1 saturated heterocycles. The molecule has 0 aliphatic carbocycles. The number of aromatic nitrogens is 5. The SMILES string of the molecule is CCn1cc(CC(=O)N2CCCC(c3nc(-c4ccccc4)n[nH]3)C2)cn1. The second kappa shape index (κ2) is 7.73. The van der Waals surface area contributed by atoms with Gasteiger partial charge in [-0.2, -0.15) is 10.2 Å². The van der Waals surface area contributed by atoms with Gasteiger partial charge < -0.3 is 4.90 Å². The van der Waals surface area contributed by atoms with Crippen LogP contribution in [0.2, 0.25) is 0 Å². The van der Waals surface area contributed by atoms with Gasteiger partial charge in [0.1, 0.15) is 5.82 Å². The van der Waals surface area contributed by atoms with Gasteiger partial charge in [-0.1, -0.05) is 30.3 Å². The number of nitrogens with one attached hydrogen (secondary N) is 1. The summed E-state index contributed by atoms with van der Waals surface area (Å²) in [7, 11) is 0. The highest BCUT2D eigenvalue weighted by Gasteiger charge is 2.27. The maximum absolute atomic E-state index is 12.7. The number of benzene rings is 1. The van der Waals surface area contributed by atoms with Gasteiger partial charge in [0.05, 0.1) is 12.6 Å². The molecule has 1 aliphatic heterocycles. The molecule has 1 unspecified atom stereocenters. The van der Waals surface area contributed by atoms with Crippen molar-refractivity contribution in [3.8, 4) is 11.4 Å². The lowest BCUT2D eigenvalue weighted by atomic mass is 9.97. The van der Waals surface area contributed by atoms with Gasteiger partial charge in [-0.3, -0.25) is 14.6 Å². The van der Waals surface area contributed by atoms with Crippen LogP contribution in [0.1, 0.15) is 37.1 Å². The fourth-order valence-corrected chi connectivity index (χ4v) is 3.56. The summed E-state index contributed by atoms with van der Waals surface area (Å²) in [6.45, 7) is 4.34. The van der Waals surface area contributed by atoms with Gasteiger partial charge >= 0.3 is 0 Å². The average Bonchev–Trinajstić information content (AvgIpc) is 3.38. The number of nitrogens with zero attached hydrogens (tertiary/aromatic N) is 5. The Kier molecular flexibility index (Phi) is 5.00. The van der Waals surface area contributed by atoms with Crippen molar-refractivity contribution in [2.24, 2.45) is 0 Å². The Bertz CT molecular complexity index is 900. The highest BCUT2D eigenvalue weighted by molar-refractivity contribution is 5.78. The molecule has 1 aromatic carbocycles. The number of carbonyl (C=O) groups is 1. The van der Waals surface area contributed by atoms with E-state index < -0.39 is 0 Å². The number of aryl methyl sites for hydroxylation is 1. The second-order valence-corrected chi connectivity index (χ2v) is 6.97. The summed E-state index contributed by atoms with van der Waals surface area (Å²) >= 11 is 0. The van der Waals surface area contributed by atoms with Crippen molar-refractivity contribution in [2.45, 2.75) is 38.6 Å². The molecular formula is C20H24N6O. The summed E-state index contributed by atoms with van der Waals surface area (Å²) in [4.78, 5) is 19.3. The molecule has 0 radical (unpaired) electrons. The number of H-pyrrole nitrogens is 1. The average molecular weight is 364 g/mol. The lowest BCUT2D eigenvalue weighted by molar-refractivity contribution is -0.131. The molecule has 0 saturated carbocycles. The smallest absolute Gasteiger partial charge is 0.227 e. The van der Waals surface area contributed by atoms with Crippen molar-refractivity contribution in [3.63, 3.8) is 0 Å². The third-order valence-electron chi connectivity index (χ3n) is 5.06. The zero-order valence-corrected chi connectivity index (χ0v) is 15.5. The first-order valence-corrected chi connectivity index (χ1v) is 9.49. The molecule has 7 heteroatoms. The maximum atomic E-state index is 12.7. The number of hydrogen-bond donors (Lipinski definition) is 1. The molecule has 140 valence electrons. The standard InChI is InChI=1S/C20H24N6O/c1-2-26-13-15(12-21-26)11-18(27)25-10-6-9-17(14-25)20-22-19(23-24-20)16-7-4-3-5-8-16/h3-5,7-8,12-13,17H,2,6,9-11,14H2,1H3,(H,22,23,24). The van der Waals surface area contributed by atoms with Crippen LogP contribution in [0, 0.1) is 0 Å². The summed E-state index contributed by atoms with van der Waals surface area (Å²) in [5, 5.41) is 11.7. The fraction of sp³-hybridized carbons (Fsp3) is 0.400. The monoisotopic (exact) mass is 364 g/mol. The van der Waals surface area contributed by atoms with Gasteiger partial charge in [0, 0.05) is 37.3 Å². The van der Waals surface area contributed by atoms with E-state index in [4.69, 9.17) is 0 Å². The van der Waals surface area contributed by atoms with Crippen LogP contribution in [0.4, 0.5) is 0 Å². The Morgan fingerprint density at radius 2 is 2.15 bits per heavy atom. The molecule has 1 amide bonds. The van der Waals surface area contributed by atoms with Crippen molar-refractivity contribution in [3.05, 3.63) is 54.1 Å². The van der Waals surface area contributed by atoms with Gasteiger partial charge in [0.2, 0.25) is 5.91 Å². The van der Waals surface area contributed by atoms with Crippen LogP contribution in [-0.4, -0.2) is 48.9 Å². The van der Waals surface area contributed by atoms with E-state index in [1.54, 1.807) is 6.20 Å². The molecule has 27 heavy (non-hydrogen) atoms. The zero-order chi connectivity index (χ0) is 18.6. The van der Waals surface area contributed by atoms with E-state index in [1.807, 2.05) is 53.0 Å². The van der Waals surface area contributed by atoms with Crippen molar-refractivity contribution < 1.29 is 4.79 Å². The Hall–Kier alpha value is -2.96. The number of piperidine rings is 1. The predicted molar refractivity (Wildman–Crippen MR) is 102 cm³/mol. The minimum atomic E-state index is 0.151. The molecule has 1 fully saturated rings. The van der Waals surface area contributed by atoms with Crippen LogP contribution in [0.15, 0.2) is 42.7 Å². The van der Waals surface area contributed by atoms with Crippen LogP contribution in [-0.2, 0) is 17.8 Å². The van der Waals surface area contributed by atoms with Crippen molar-refractivity contribution >= 4 is 5.91 Å². The van der Waals surface area contributed by atoms with E-state index in [1.165, 1.54) is 0 Å². The molecule has 4 rings (SSSR count). The summed E-state index contributed by atoms with van der Waals surface area (Å²) in [6, 6.07) is 9.94. The third kappa shape index (κ3) is 3.92. The highest BCUT2D eigenvalue weighted by atomic mass is 16.2. The number of rotatable bonds is 5. The quantitative estimate of drug-likeness (QED) is 0.755. The van der Waals surface area contributed by atoms with E-state index in [0.717, 1.165) is 42.9 Å². The highest BCUT2D eigenvalue weighted by Crippen LogP contribution is 2.26. The minimum Gasteiger partial charge on any atom is -0.342 e. The Morgan fingerprint density at radius 1 is 1.30 bits per heavy atom. The molecule has 2 aromatic heterocycles. The minimum absolute atomic E-state index is 0.151. The molecular weight excluding hydrogens is 340 g/mol. The number of aromatic amines is 1. The Balaban J connectivity index is 1.42. The van der Waals surface area contributed by atoms with E-state index in [9.17, 15) is 4.79 Å². The summed E-state index contributed by atoms with van der Waals surface area (Å²) < 4.78 is 1.85. The van der Waals surface area contributed by atoms with Crippen molar-refractivity contribution in [1.29, 1.82) is 0 Å². The maximum Gasteiger partial charge on any atom is 0.227 e. The first-order valence-electron chi connectivity index (χ1n) is 9.49. The van der Waals surface area contributed by atoms with Crippen molar-refractivity contribution in [2.75, 3.05) is 13.1 Å². The first-order chi connectivity index (χ1) is 13.2. The topological polar surface area (TPSA) is 79.7 Å². The Morgan fingerprint density at radius 3 is 2.93 bits per heavy atom. The first kappa shape index (κ1) is 17.5. The molecule has 0 spiro atoms. The number of carbonyl (C=O) groups excluding carboxylic acids is 1. The number of amides is 1. The molecule has 3 aromatic rings. The molecule has 7 nitrogen and oxygen atoms in total. The summed E-state index contributed by atoms with van der Waals surface area (Å²) in [6.07, 6.45) is 6.12. The van der Waals surface area contributed by atoms with Gasteiger partial charge in [-0.05, 0) is 25.3 Å². The van der Waals surface area contributed by atoms with E-state index >= 15 is 0 Å². The molecule has 1 N–H and O–H groups in total. The largest absolute Gasteiger partial charge is 0.342 e. The van der Waals surface area contributed by atoms with Crippen LogP contribution in [0.25, 0.3) is 11.4 Å². The fourth-order valence-electron chi connectivity index (χ4n) is 3.56. The summed E-state index contributed by atoms with van der Waals surface area (Å²) in [5.41, 5.74) is 1.96. The molecule has 1 aliphatic rings. The van der Waals surface area contributed by atoms with Gasteiger partial charge in [-0.15, -0.1) is 0 Å². The normalized spacial score (nSPS) is 17.2. The van der Waals surface area contributed by atoms with E-state index in [0.29, 0.717) is 18.8 Å². The van der Waals surface area contributed by atoms with Crippen LogP contribution in [0.5, 0.6) is 0 Å². The van der Waals surface area contributed by atoms with Crippen LogP contribution < -0.4 is 0 Å². The van der Waals surface area contributed by atoms with Crippen LogP contribution in [0.3, 0.4) is 0 Å². The molecule has 3 heterocycles. The molecule has 0 bridgehead atoms. The number of hydrogen-bond acceptors (Lipinski definition) is 4. The summed E-state index contributed by atoms with van der Waals surface area (Å²) in [5.74, 6) is 1.93. The zero-order valence-electron chi connectivity index (χ0n) is 15.5. The van der Waals surface area contributed by atoms with E-state index in [-0.39, 0.29) is 11.8 Å². The lowest BCUT2D eigenvalue weighted by Gasteiger charge is -2.31. The number of likely N-dealkylation sites (tertiary alicyclic amines) is 1. The predicted octanol–water partition coefficient (Wildman–Crippen LogP) is 2.64.